The van der Waals surface area contributed by atoms with Crippen LogP contribution >= 0.6 is 34.5 Å². The number of benzene rings is 1. The molecule has 0 radical (unpaired) electrons. The highest BCUT2D eigenvalue weighted by atomic mass is 35.5. The minimum Gasteiger partial charge on any atom is -0.368 e. The second kappa shape index (κ2) is 5.57. The molecule has 0 aliphatic carbocycles. The molecule has 0 bridgehead atoms. The van der Waals surface area contributed by atoms with Gasteiger partial charge in [-0.25, -0.2) is 4.98 Å². The number of halogens is 2. The van der Waals surface area contributed by atoms with E-state index < -0.39 is 0 Å². The average molecular weight is 314 g/mol. The van der Waals surface area contributed by atoms with Gasteiger partial charge in [-0.2, -0.15) is 0 Å². The van der Waals surface area contributed by atoms with Crippen molar-refractivity contribution in [3.63, 3.8) is 0 Å². The summed E-state index contributed by atoms with van der Waals surface area (Å²) in [5.41, 5.74) is 1.22. The topological polar surface area (TPSA) is 19.4 Å². The molecule has 2 heterocycles. The Bertz CT molecular complexity index is 547. The molecule has 3 nitrogen and oxygen atoms in total. The quantitative estimate of drug-likeness (QED) is 0.841. The number of nitrogens with zero attached hydrogens (tertiary/aromatic N) is 3. The molecule has 6 heteroatoms. The average Bonchev–Trinajstić information content (AvgIpc) is 2.87. The van der Waals surface area contributed by atoms with Gasteiger partial charge in [0.15, 0.2) is 5.13 Å². The summed E-state index contributed by atoms with van der Waals surface area (Å²) in [5, 5.41) is 4.25. The van der Waals surface area contributed by atoms with Crippen molar-refractivity contribution in [1.29, 1.82) is 0 Å². The second-order valence-electron chi connectivity index (χ2n) is 4.40. The summed E-state index contributed by atoms with van der Waals surface area (Å²) in [4.78, 5) is 8.96. The van der Waals surface area contributed by atoms with Gasteiger partial charge in [0.1, 0.15) is 5.15 Å². The van der Waals surface area contributed by atoms with Gasteiger partial charge in [-0.3, -0.25) is 0 Å². The maximum Gasteiger partial charge on any atom is 0.186 e. The fraction of sp³-hybridized carbons (Fsp3) is 0.308. The van der Waals surface area contributed by atoms with E-state index in [1.165, 1.54) is 5.69 Å². The Morgan fingerprint density at radius 1 is 0.947 bits per heavy atom. The van der Waals surface area contributed by atoms with Crippen molar-refractivity contribution in [1.82, 2.24) is 4.98 Å². The lowest BCUT2D eigenvalue weighted by Gasteiger charge is -2.36. The smallest absolute Gasteiger partial charge is 0.186 e. The highest BCUT2D eigenvalue weighted by Gasteiger charge is 2.19. The summed E-state index contributed by atoms with van der Waals surface area (Å²) in [5.74, 6) is 0. The molecule has 100 valence electrons. The van der Waals surface area contributed by atoms with E-state index in [-0.39, 0.29) is 0 Å². The molecule has 1 aromatic heterocycles. The van der Waals surface area contributed by atoms with Crippen molar-refractivity contribution < 1.29 is 0 Å². The van der Waals surface area contributed by atoms with Crippen molar-refractivity contribution in [3.05, 3.63) is 39.8 Å². The maximum absolute atomic E-state index is 5.91. The van der Waals surface area contributed by atoms with Gasteiger partial charge >= 0.3 is 0 Å². The van der Waals surface area contributed by atoms with E-state index in [0.717, 1.165) is 36.3 Å². The van der Waals surface area contributed by atoms with Crippen molar-refractivity contribution in [2.75, 3.05) is 36.0 Å². The molecular formula is C13H13Cl2N3S. The molecular weight excluding hydrogens is 301 g/mol. The van der Waals surface area contributed by atoms with E-state index in [4.69, 9.17) is 23.2 Å². The van der Waals surface area contributed by atoms with Gasteiger partial charge in [-0.15, -0.1) is 11.3 Å². The minimum absolute atomic E-state index is 0.583. The SMILES string of the molecule is Clc1ccc(N2CCN(c3nc(Cl)cs3)CC2)cc1. The first-order valence-electron chi connectivity index (χ1n) is 6.09. The Labute approximate surface area is 126 Å². The van der Waals surface area contributed by atoms with Crippen LogP contribution in [0.2, 0.25) is 10.2 Å². The van der Waals surface area contributed by atoms with E-state index in [0.29, 0.717) is 5.15 Å². The summed E-state index contributed by atoms with van der Waals surface area (Å²) in [7, 11) is 0. The van der Waals surface area contributed by atoms with E-state index in [1.54, 1.807) is 11.3 Å². The van der Waals surface area contributed by atoms with Gasteiger partial charge in [0.05, 0.1) is 0 Å². The van der Waals surface area contributed by atoms with Gasteiger partial charge < -0.3 is 9.80 Å². The van der Waals surface area contributed by atoms with Crippen LogP contribution in [0.3, 0.4) is 0 Å². The van der Waals surface area contributed by atoms with Crippen LogP contribution in [-0.4, -0.2) is 31.2 Å². The van der Waals surface area contributed by atoms with E-state index in [1.807, 2.05) is 17.5 Å². The molecule has 1 fully saturated rings. The molecule has 1 saturated heterocycles. The first-order valence-corrected chi connectivity index (χ1v) is 7.72. The van der Waals surface area contributed by atoms with Gasteiger partial charge in [-0.1, -0.05) is 23.2 Å². The number of aromatic nitrogens is 1. The molecule has 0 N–H and O–H groups in total. The fourth-order valence-corrected chi connectivity index (χ4v) is 3.33. The number of anilines is 2. The predicted molar refractivity (Wildman–Crippen MR) is 83.0 cm³/mol. The molecule has 0 unspecified atom stereocenters. The van der Waals surface area contributed by atoms with E-state index in [9.17, 15) is 0 Å². The van der Waals surface area contributed by atoms with Crippen molar-refractivity contribution in [3.8, 4) is 0 Å². The van der Waals surface area contributed by atoms with Crippen LogP contribution in [0, 0.1) is 0 Å². The van der Waals surface area contributed by atoms with Crippen LogP contribution in [0.25, 0.3) is 0 Å². The van der Waals surface area contributed by atoms with Crippen LogP contribution in [0.5, 0.6) is 0 Å². The third kappa shape index (κ3) is 2.96. The molecule has 1 aliphatic heterocycles. The van der Waals surface area contributed by atoms with Crippen LogP contribution in [-0.2, 0) is 0 Å². The monoisotopic (exact) mass is 313 g/mol. The lowest BCUT2D eigenvalue weighted by Crippen LogP contribution is -2.46. The Morgan fingerprint density at radius 3 is 2.16 bits per heavy atom. The first kappa shape index (κ1) is 13.0. The van der Waals surface area contributed by atoms with Gasteiger partial charge in [0.2, 0.25) is 0 Å². The number of hydrogen-bond acceptors (Lipinski definition) is 4. The first-order chi connectivity index (χ1) is 9.22. The largest absolute Gasteiger partial charge is 0.368 e. The summed E-state index contributed by atoms with van der Waals surface area (Å²) < 4.78 is 0. The molecule has 0 amide bonds. The van der Waals surface area contributed by atoms with Crippen LogP contribution in [0.15, 0.2) is 29.6 Å². The Hall–Kier alpha value is -0.970. The molecule has 2 aromatic rings. The molecule has 0 saturated carbocycles. The fourth-order valence-electron chi connectivity index (χ4n) is 2.20. The number of piperazine rings is 1. The zero-order chi connectivity index (χ0) is 13.2. The third-order valence-electron chi connectivity index (χ3n) is 3.21. The molecule has 1 aromatic carbocycles. The van der Waals surface area contributed by atoms with Gasteiger partial charge in [-0.05, 0) is 24.3 Å². The van der Waals surface area contributed by atoms with Crippen LogP contribution in [0.4, 0.5) is 10.8 Å². The zero-order valence-corrected chi connectivity index (χ0v) is 12.5. The predicted octanol–water partition coefficient (Wildman–Crippen LogP) is 3.78. The Kier molecular flexibility index (Phi) is 3.82. The number of thiazole rings is 1. The highest BCUT2D eigenvalue weighted by molar-refractivity contribution is 7.14. The Balaban J connectivity index is 1.64. The summed E-state index contributed by atoms with van der Waals surface area (Å²) in [6, 6.07) is 8.00. The van der Waals surface area contributed by atoms with Crippen LogP contribution in [0.1, 0.15) is 0 Å². The Morgan fingerprint density at radius 2 is 1.58 bits per heavy atom. The zero-order valence-electron chi connectivity index (χ0n) is 10.2. The summed E-state index contributed by atoms with van der Waals surface area (Å²) in [6.45, 7) is 3.90. The summed E-state index contributed by atoms with van der Waals surface area (Å²) >= 11 is 13.4. The molecule has 0 atom stereocenters. The van der Waals surface area contributed by atoms with Gasteiger partial charge in [0, 0.05) is 42.3 Å². The summed E-state index contributed by atoms with van der Waals surface area (Å²) in [6.07, 6.45) is 0. The van der Waals surface area contributed by atoms with E-state index >= 15 is 0 Å². The number of rotatable bonds is 2. The van der Waals surface area contributed by atoms with Gasteiger partial charge in [0.25, 0.3) is 0 Å². The normalized spacial score (nSPS) is 15.9. The van der Waals surface area contributed by atoms with Crippen molar-refractivity contribution >= 4 is 45.4 Å². The maximum atomic E-state index is 5.91. The third-order valence-corrected chi connectivity index (χ3v) is 4.68. The van der Waals surface area contributed by atoms with Crippen molar-refractivity contribution in [2.24, 2.45) is 0 Å². The van der Waals surface area contributed by atoms with E-state index in [2.05, 4.69) is 26.9 Å². The van der Waals surface area contributed by atoms with Crippen LogP contribution < -0.4 is 9.80 Å². The van der Waals surface area contributed by atoms with Crippen molar-refractivity contribution in [2.45, 2.75) is 0 Å². The lowest BCUT2D eigenvalue weighted by atomic mass is 10.2. The minimum atomic E-state index is 0.583. The number of hydrogen-bond donors (Lipinski definition) is 0. The second-order valence-corrected chi connectivity index (χ2v) is 6.06. The molecule has 3 rings (SSSR count). The molecule has 0 spiro atoms. The molecule has 1 aliphatic rings. The molecule has 19 heavy (non-hydrogen) atoms. The highest BCUT2D eigenvalue weighted by Crippen LogP contribution is 2.26. The standard InChI is InChI=1S/C13H13Cl2N3S/c14-10-1-3-11(4-2-10)17-5-7-18(8-6-17)13-16-12(15)9-19-13/h1-4,9H,5-8H2. The lowest BCUT2D eigenvalue weighted by molar-refractivity contribution is 0.652.